The number of rotatable bonds is 4. The zero-order valence-corrected chi connectivity index (χ0v) is 11.5. The summed E-state index contributed by atoms with van der Waals surface area (Å²) < 4.78 is 73.4. The third kappa shape index (κ3) is 3.93. The van der Waals surface area contributed by atoms with Crippen LogP contribution in [0.3, 0.4) is 0 Å². The first-order chi connectivity index (χ1) is 9.65. The van der Waals surface area contributed by atoms with E-state index >= 15 is 0 Å². The third-order valence-electron chi connectivity index (χ3n) is 3.18. The number of carbonyl (C=O) groups excluding carboxylic acids is 1. The van der Waals surface area contributed by atoms with Gasteiger partial charge in [-0.1, -0.05) is 0 Å². The van der Waals surface area contributed by atoms with Gasteiger partial charge in [-0.15, -0.1) is 3.89 Å². The smallest absolute Gasteiger partial charge is 0.302 e. The Morgan fingerprint density at radius 1 is 1.19 bits per heavy atom. The lowest BCUT2D eigenvalue weighted by Gasteiger charge is -2.17. The van der Waals surface area contributed by atoms with Gasteiger partial charge in [0.15, 0.2) is 0 Å². The van der Waals surface area contributed by atoms with Gasteiger partial charge in [0.05, 0.1) is 12.3 Å². The second kappa shape index (κ2) is 5.63. The monoisotopic (exact) mass is 325 g/mol. The van der Waals surface area contributed by atoms with E-state index in [1.165, 1.54) is 0 Å². The van der Waals surface area contributed by atoms with Crippen LogP contribution in [-0.4, -0.2) is 31.5 Å². The number of nitrogens with zero attached hydrogens (tertiary/aromatic N) is 1. The molecule has 1 fully saturated rings. The van der Waals surface area contributed by atoms with Crippen LogP contribution in [0, 0.1) is 23.4 Å². The molecule has 1 aliphatic heterocycles. The molecule has 21 heavy (non-hydrogen) atoms. The van der Waals surface area contributed by atoms with Crippen molar-refractivity contribution in [3.05, 3.63) is 35.1 Å². The molecular formula is C12H11F4NO3S. The van der Waals surface area contributed by atoms with Crippen molar-refractivity contribution in [2.24, 2.45) is 5.92 Å². The standard InChI is InChI=1S/C12H11F4NO3S/c13-8-2-10(14)9(11(15)3-8)5-17-4-7(1-12(17)18)6-21(16,19)20/h2-3,7H,1,4-6H2. The maximum absolute atomic E-state index is 13.5. The molecular weight excluding hydrogens is 314 g/mol. The van der Waals surface area contributed by atoms with E-state index in [1.54, 1.807) is 0 Å². The molecule has 1 heterocycles. The minimum Gasteiger partial charge on any atom is -0.338 e. The molecule has 0 bridgehead atoms. The van der Waals surface area contributed by atoms with Gasteiger partial charge in [0.2, 0.25) is 5.91 Å². The molecule has 0 spiro atoms. The molecule has 0 saturated carbocycles. The molecule has 116 valence electrons. The van der Waals surface area contributed by atoms with Gasteiger partial charge in [-0.25, -0.2) is 13.2 Å². The maximum atomic E-state index is 13.5. The van der Waals surface area contributed by atoms with Gasteiger partial charge >= 0.3 is 10.2 Å². The Kier molecular flexibility index (Phi) is 4.22. The molecule has 1 atom stereocenters. The van der Waals surface area contributed by atoms with Gasteiger partial charge in [-0.2, -0.15) is 8.42 Å². The van der Waals surface area contributed by atoms with E-state index in [1.807, 2.05) is 0 Å². The summed E-state index contributed by atoms with van der Waals surface area (Å²) in [5.41, 5.74) is -0.492. The largest absolute Gasteiger partial charge is 0.338 e. The maximum Gasteiger partial charge on any atom is 0.302 e. The quantitative estimate of drug-likeness (QED) is 0.626. The summed E-state index contributed by atoms with van der Waals surface area (Å²) in [6, 6.07) is 0.977. The highest BCUT2D eigenvalue weighted by atomic mass is 32.3. The van der Waals surface area contributed by atoms with Gasteiger partial charge < -0.3 is 4.90 Å². The first kappa shape index (κ1) is 15.7. The SMILES string of the molecule is O=C1CC(CS(=O)(=O)F)CN1Cc1c(F)cc(F)cc1F. The number of hydrogen-bond acceptors (Lipinski definition) is 3. The predicted octanol–water partition coefficient (Wildman–Crippen LogP) is 1.75. The van der Waals surface area contributed by atoms with Crippen LogP contribution in [0.1, 0.15) is 12.0 Å². The fourth-order valence-corrected chi connectivity index (χ4v) is 3.10. The zero-order chi connectivity index (χ0) is 15.8. The number of amides is 1. The van der Waals surface area contributed by atoms with E-state index in [4.69, 9.17) is 0 Å². The van der Waals surface area contributed by atoms with Gasteiger partial charge in [-0.3, -0.25) is 4.79 Å². The number of benzene rings is 1. The summed E-state index contributed by atoms with van der Waals surface area (Å²) in [4.78, 5) is 12.7. The number of halogens is 4. The van der Waals surface area contributed by atoms with Gasteiger partial charge in [0.1, 0.15) is 17.5 Å². The second-order valence-corrected chi connectivity index (χ2v) is 6.31. The van der Waals surface area contributed by atoms with E-state index in [0.717, 1.165) is 4.90 Å². The number of hydrogen-bond donors (Lipinski definition) is 0. The molecule has 4 nitrogen and oxygen atoms in total. The summed E-state index contributed by atoms with van der Waals surface area (Å²) in [5, 5.41) is 0. The summed E-state index contributed by atoms with van der Waals surface area (Å²) in [6.07, 6.45) is -0.215. The summed E-state index contributed by atoms with van der Waals surface area (Å²) in [7, 11) is -4.73. The van der Waals surface area contributed by atoms with Gasteiger partial charge in [0.25, 0.3) is 0 Å². The first-order valence-electron chi connectivity index (χ1n) is 5.99. The number of carbonyl (C=O) groups is 1. The Morgan fingerprint density at radius 2 is 1.76 bits per heavy atom. The molecule has 1 unspecified atom stereocenters. The van der Waals surface area contributed by atoms with E-state index < -0.39 is 57.4 Å². The zero-order valence-electron chi connectivity index (χ0n) is 10.7. The third-order valence-corrected chi connectivity index (χ3v) is 4.05. The van der Waals surface area contributed by atoms with Gasteiger partial charge in [-0.05, 0) is 0 Å². The van der Waals surface area contributed by atoms with Crippen LogP contribution in [0.15, 0.2) is 12.1 Å². The molecule has 2 rings (SSSR count). The van der Waals surface area contributed by atoms with Crippen LogP contribution in [-0.2, 0) is 21.6 Å². The van der Waals surface area contributed by atoms with Crippen molar-refractivity contribution in [1.29, 1.82) is 0 Å². The van der Waals surface area contributed by atoms with E-state index in [2.05, 4.69) is 0 Å². The molecule has 0 radical (unpaired) electrons. The van der Waals surface area contributed by atoms with Crippen molar-refractivity contribution in [2.75, 3.05) is 12.3 Å². The van der Waals surface area contributed by atoms with Crippen LogP contribution in [0.2, 0.25) is 0 Å². The minimum absolute atomic E-state index is 0.127. The van der Waals surface area contributed by atoms with Crippen molar-refractivity contribution in [3.8, 4) is 0 Å². The fourth-order valence-electron chi connectivity index (χ4n) is 2.31. The van der Waals surface area contributed by atoms with Crippen molar-refractivity contribution in [2.45, 2.75) is 13.0 Å². The topological polar surface area (TPSA) is 54.5 Å². The molecule has 1 aromatic carbocycles. The van der Waals surface area contributed by atoms with Crippen LogP contribution in [0.5, 0.6) is 0 Å². The summed E-state index contributed by atoms with van der Waals surface area (Å²) in [5.74, 6) is -5.47. The summed E-state index contributed by atoms with van der Waals surface area (Å²) in [6.45, 7) is -0.585. The highest BCUT2D eigenvalue weighted by Crippen LogP contribution is 2.24. The van der Waals surface area contributed by atoms with Crippen molar-refractivity contribution in [1.82, 2.24) is 4.90 Å². The Morgan fingerprint density at radius 3 is 2.29 bits per heavy atom. The summed E-state index contributed by atoms with van der Waals surface area (Å²) >= 11 is 0. The van der Waals surface area contributed by atoms with E-state index in [-0.39, 0.29) is 13.0 Å². The lowest BCUT2D eigenvalue weighted by atomic mass is 10.1. The average Bonchev–Trinajstić information content (AvgIpc) is 2.61. The predicted molar refractivity (Wildman–Crippen MR) is 64.7 cm³/mol. The van der Waals surface area contributed by atoms with Crippen molar-refractivity contribution in [3.63, 3.8) is 0 Å². The molecule has 1 saturated heterocycles. The van der Waals surface area contributed by atoms with E-state index in [0.29, 0.717) is 12.1 Å². The Bertz CT molecular complexity index is 654. The molecule has 1 aliphatic rings. The molecule has 0 N–H and O–H groups in total. The molecule has 1 aromatic rings. The lowest BCUT2D eigenvalue weighted by molar-refractivity contribution is -0.128. The average molecular weight is 325 g/mol. The second-order valence-electron chi connectivity index (χ2n) is 4.90. The molecule has 0 aliphatic carbocycles. The van der Waals surface area contributed by atoms with Crippen molar-refractivity contribution < 1.29 is 30.3 Å². The van der Waals surface area contributed by atoms with Crippen LogP contribution in [0.25, 0.3) is 0 Å². The molecule has 0 aromatic heterocycles. The van der Waals surface area contributed by atoms with Crippen molar-refractivity contribution >= 4 is 16.1 Å². The Hall–Kier alpha value is -1.64. The lowest BCUT2D eigenvalue weighted by Crippen LogP contribution is -2.26. The van der Waals surface area contributed by atoms with E-state index in [9.17, 15) is 30.3 Å². The highest BCUT2D eigenvalue weighted by Gasteiger charge is 2.33. The first-order valence-corrected chi connectivity index (χ1v) is 7.54. The number of likely N-dealkylation sites (tertiary alicyclic amines) is 1. The molecule has 1 amide bonds. The van der Waals surface area contributed by atoms with Crippen LogP contribution in [0.4, 0.5) is 17.1 Å². The van der Waals surface area contributed by atoms with Gasteiger partial charge in [0, 0.05) is 36.6 Å². The van der Waals surface area contributed by atoms with Crippen LogP contribution >= 0.6 is 0 Å². The normalized spacial score (nSPS) is 19.3. The minimum atomic E-state index is -4.73. The molecule has 9 heteroatoms. The Balaban J connectivity index is 2.13. The van der Waals surface area contributed by atoms with Crippen LogP contribution < -0.4 is 0 Å². The fraction of sp³-hybridized carbons (Fsp3) is 0.417. The highest BCUT2D eigenvalue weighted by molar-refractivity contribution is 7.86. The Labute approximate surface area is 118 Å².